The average Bonchev–Trinajstić information content (AvgIpc) is 2.98. The first-order valence-corrected chi connectivity index (χ1v) is 12.8. The average molecular weight is 577 g/mol. The lowest BCUT2D eigenvalue weighted by Gasteiger charge is -2.37. The number of amides is 1. The fraction of sp³-hybridized carbons (Fsp3) is 0.300. The molecule has 0 saturated carbocycles. The SMILES string of the molecule is C=CCN(C)C[C@@H]1C[C@H](c2ccc(CO)cc2)O[C@H](c2ccc(CNC(=O)c3c(F)c(F)c(F)c(F)c3F)cc2)O1. The van der Waals surface area contributed by atoms with E-state index in [0.29, 0.717) is 30.6 Å². The zero-order chi connectivity index (χ0) is 29.7. The summed E-state index contributed by atoms with van der Waals surface area (Å²) in [7, 11) is 1.95. The van der Waals surface area contributed by atoms with E-state index in [-0.39, 0.29) is 25.4 Å². The van der Waals surface area contributed by atoms with Crippen LogP contribution in [-0.4, -0.2) is 42.2 Å². The van der Waals surface area contributed by atoms with Crippen LogP contribution in [-0.2, 0) is 22.6 Å². The fourth-order valence-corrected chi connectivity index (χ4v) is 4.54. The molecule has 0 aromatic heterocycles. The van der Waals surface area contributed by atoms with Crippen LogP contribution in [0.5, 0.6) is 0 Å². The van der Waals surface area contributed by atoms with E-state index < -0.39 is 46.8 Å². The van der Waals surface area contributed by atoms with Crippen LogP contribution >= 0.6 is 0 Å². The molecule has 1 aliphatic heterocycles. The Morgan fingerprint density at radius 2 is 1.49 bits per heavy atom. The van der Waals surface area contributed by atoms with E-state index in [1.165, 1.54) is 0 Å². The van der Waals surface area contributed by atoms with E-state index in [9.17, 15) is 31.9 Å². The summed E-state index contributed by atoms with van der Waals surface area (Å²) >= 11 is 0. The molecule has 0 radical (unpaired) electrons. The van der Waals surface area contributed by atoms with Gasteiger partial charge in [0.15, 0.2) is 29.6 Å². The monoisotopic (exact) mass is 576 g/mol. The van der Waals surface area contributed by atoms with E-state index in [1.807, 2.05) is 31.3 Å². The Morgan fingerprint density at radius 3 is 2.07 bits per heavy atom. The molecule has 218 valence electrons. The lowest BCUT2D eigenvalue weighted by atomic mass is 9.99. The van der Waals surface area contributed by atoms with Crippen molar-refractivity contribution in [1.82, 2.24) is 10.2 Å². The van der Waals surface area contributed by atoms with Crippen molar-refractivity contribution in [1.29, 1.82) is 0 Å². The molecule has 6 nitrogen and oxygen atoms in total. The highest BCUT2D eigenvalue weighted by Crippen LogP contribution is 2.38. The van der Waals surface area contributed by atoms with Crippen LogP contribution in [0.1, 0.15) is 51.4 Å². The Hall–Kier alpha value is -3.64. The number of likely N-dealkylation sites (N-methyl/N-ethyl adjacent to an activating group) is 1. The third-order valence-electron chi connectivity index (χ3n) is 6.71. The van der Waals surface area contributed by atoms with Crippen molar-refractivity contribution < 1.29 is 41.3 Å². The highest BCUT2D eigenvalue weighted by molar-refractivity contribution is 5.94. The largest absolute Gasteiger partial charge is 0.392 e. The summed E-state index contributed by atoms with van der Waals surface area (Å²) in [4.78, 5) is 14.3. The van der Waals surface area contributed by atoms with Gasteiger partial charge in [0.05, 0.1) is 18.8 Å². The van der Waals surface area contributed by atoms with E-state index in [2.05, 4.69) is 16.8 Å². The number of nitrogens with one attached hydrogen (secondary N) is 1. The molecule has 3 atom stereocenters. The van der Waals surface area contributed by atoms with Crippen molar-refractivity contribution >= 4 is 5.91 Å². The summed E-state index contributed by atoms with van der Waals surface area (Å²) in [6, 6.07) is 14.1. The number of halogens is 5. The summed E-state index contributed by atoms with van der Waals surface area (Å²) < 4.78 is 80.7. The topological polar surface area (TPSA) is 71.0 Å². The maximum atomic E-state index is 14.0. The summed E-state index contributed by atoms with van der Waals surface area (Å²) in [6.07, 6.45) is 1.19. The van der Waals surface area contributed by atoms with Crippen molar-refractivity contribution in [3.05, 3.63) is 118 Å². The predicted octanol–water partition coefficient (Wildman–Crippen LogP) is 5.47. The first-order chi connectivity index (χ1) is 19.6. The quantitative estimate of drug-likeness (QED) is 0.145. The summed E-state index contributed by atoms with van der Waals surface area (Å²) in [5, 5.41) is 11.5. The van der Waals surface area contributed by atoms with Gasteiger partial charge < -0.3 is 24.8 Å². The second kappa shape index (κ2) is 13.3. The van der Waals surface area contributed by atoms with E-state index in [1.54, 1.807) is 30.3 Å². The van der Waals surface area contributed by atoms with Gasteiger partial charge in [-0.05, 0) is 23.7 Å². The Labute approximate surface area is 234 Å². The molecule has 3 aromatic rings. The first kappa shape index (κ1) is 30.3. The van der Waals surface area contributed by atoms with Crippen LogP contribution in [0.25, 0.3) is 0 Å². The molecule has 1 heterocycles. The summed E-state index contributed by atoms with van der Waals surface area (Å²) in [5.74, 6) is -12.6. The van der Waals surface area contributed by atoms with Crippen LogP contribution < -0.4 is 5.32 Å². The minimum absolute atomic E-state index is 0.0686. The molecular weight excluding hydrogens is 547 g/mol. The normalized spacial score (nSPS) is 18.9. The lowest BCUT2D eigenvalue weighted by molar-refractivity contribution is -0.252. The number of carbonyl (C=O) groups is 1. The Morgan fingerprint density at radius 1 is 0.927 bits per heavy atom. The van der Waals surface area contributed by atoms with E-state index in [4.69, 9.17) is 9.47 Å². The standard InChI is InChI=1S/C30H29F5N2O4/c1-3-12-37(2)15-21-13-22(19-8-6-18(16-38)7-9-19)41-30(40-21)20-10-4-17(5-11-20)14-36-29(39)23-24(31)26(33)28(35)27(34)25(23)32/h3-11,21-22,30,38H,1,12-16H2,2H3,(H,36,39)/t21-,22+,30+/m0/s1. The molecule has 41 heavy (non-hydrogen) atoms. The van der Waals surface area contributed by atoms with E-state index in [0.717, 1.165) is 11.1 Å². The summed E-state index contributed by atoms with van der Waals surface area (Å²) in [6.45, 7) is 4.76. The molecule has 11 heteroatoms. The van der Waals surface area contributed by atoms with Crippen molar-refractivity contribution in [3.63, 3.8) is 0 Å². The first-order valence-electron chi connectivity index (χ1n) is 12.8. The van der Waals surface area contributed by atoms with Crippen molar-refractivity contribution in [2.75, 3.05) is 20.1 Å². The molecule has 4 rings (SSSR count). The number of rotatable bonds is 10. The van der Waals surface area contributed by atoms with Crippen molar-refractivity contribution in [2.24, 2.45) is 0 Å². The van der Waals surface area contributed by atoms with Gasteiger partial charge in [-0.1, -0.05) is 54.6 Å². The molecule has 2 N–H and O–H groups in total. The number of benzene rings is 3. The van der Waals surface area contributed by atoms with Gasteiger partial charge >= 0.3 is 0 Å². The lowest BCUT2D eigenvalue weighted by Crippen LogP contribution is -2.37. The van der Waals surface area contributed by atoms with Crippen LogP contribution in [0.2, 0.25) is 0 Å². The Balaban J connectivity index is 1.47. The molecule has 0 bridgehead atoms. The van der Waals surface area contributed by atoms with E-state index >= 15 is 0 Å². The maximum absolute atomic E-state index is 14.0. The van der Waals surface area contributed by atoms with Gasteiger partial charge in [-0.3, -0.25) is 4.79 Å². The number of hydrogen-bond donors (Lipinski definition) is 2. The van der Waals surface area contributed by atoms with Crippen LogP contribution in [0.4, 0.5) is 22.0 Å². The fourth-order valence-electron chi connectivity index (χ4n) is 4.54. The minimum atomic E-state index is -2.33. The van der Waals surface area contributed by atoms with Gasteiger partial charge in [0, 0.05) is 31.6 Å². The van der Waals surface area contributed by atoms with Crippen LogP contribution in [0.15, 0.2) is 61.2 Å². The molecule has 1 fully saturated rings. The van der Waals surface area contributed by atoms with Gasteiger partial charge in [-0.2, -0.15) is 0 Å². The molecule has 1 saturated heterocycles. The maximum Gasteiger partial charge on any atom is 0.257 e. The smallest absolute Gasteiger partial charge is 0.257 e. The Bertz CT molecular complexity index is 1360. The molecule has 0 unspecified atom stereocenters. The second-order valence-corrected chi connectivity index (χ2v) is 9.73. The molecule has 1 amide bonds. The number of ether oxygens (including phenoxy) is 2. The zero-order valence-corrected chi connectivity index (χ0v) is 22.2. The van der Waals surface area contributed by atoms with Gasteiger partial charge in [-0.25, -0.2) is 22.0 Å². The van der Waals surface area contributed by atoms with Gasteiger partial charge in [0.1, 0.15) is 5.56 Å². The predicted molar refractivity (Wildman–Crippen MR) is 140 cm³/mol. The minimum Gasteiger partial charge on any atom is -0.392 e. The van der Waals surface area contributed by atoms with Crippen molar-refractivity contribution in [3.8, 4) is 0 Å². The molecule has 0 spiro atoms. The number of aliphatic hydroxyl groups is 1. The van der Waals surface area contributed by atoms with Crippen LogP contribution in [0.3, 0.4) is 0 Å². The molecule has 0 aliphatic carbocycles. The molecule has 3 aromatic carbocycles. The van der Waals surface area contributed by atoms with Crippen molar-refractivity contribution in [2.45, 2.75) is 38.1 Å². The molecular formula is C30H29F5N2O4. The van der Waals surface area contributed by atoms with Crippen LogP contribution in [0, 0.1) is 29.1 Å². The number of hydrogen-bond acceptors (Lipinski definition) is 5. The Kier molecular flexibility index (Phi) is 9.87. The third-order valence-corrected chi connectivity index (χ3v) is 6.71. The van der Waals surface area contributed by atoms with Gasteiger partial charge in [0.2, 0.25) is 5.82 Å². The third kappa shape index (κ3) is 6.99. The molecule has 1 aliphatic rings. The number of carbonyl (C=O) groups excluding carboxylic acids is 1. The highest BCUT2D eigenvalue weighted by atomic mass is 19.2. The number of aliphatic hydroxyl groups excluding tert-OH is 1. The van der Waals surface area contributed by atoms with Gasteiger partial charge in [0.25, 0.3) is 5.91 Å². The van der Waals surface area contributed by atoms with Gasteiger partial charge in [-0.15, -0.1) is 6.58 Å². The highest BCUT2D eigenvalue weighted by Gasteiger charge is 2.33. The summed E-state index contributed by atoms with van der Waals surface area (Å²) in [5.41, 5.74) is 1.34. The second-order valence-electron chi connectivity index (χ2n) is 9.73. The zero-order valence-electron chi connectivity index (χ0n) is 22.2. The number of nitrogens with zero attached hydrogens (tertiary/aromatic N) is 1.